The molecule has 0 saturated carbocycles. The van der Waals surface area contributed by atoms with E-state index in [0.29, 0.717) is 12.5 Å². The first-order chi connectivity index (χ1) is 10.8. The Kier molecular flexibility index (Phi) is 6.00. The van der Waals surface area contributed by atoms with Crippen LogP contribution in [0.15, 0.2) is 18.2 Å². The average Bonchev–Trinajstić information content (AvgIpc) is 2.84. The molecule has 3 atom stereocenters. The summed E-state index contributed by atoms with van der Waals surface area (Å²) in [4.78, 5) is 13.4. The molecular weight excluding hydrogens is 317 g/mol. The number of hydrogen-bond acceptors (Lipinski definition) is 3. The summed E-state index contributed by atoms with van der Waals surface area (Å²) in [7, 11) is 0. The lowest BCUT2D eigenvalue weighted by atomic mass is 9.98. The van der Waals surface area contributed by atoms with Crippen molar-refractivity contribution in [3.8, 4) is 0 Å². The smallest absolute Gasteiger partial charge is 0.218 e. The van der Waals surface area contributed by atoms with Crippen LogP contribution in [-0.2, 0) is 4.79 Å². The van der Waals surface area contributed by atoms with Crippen LogP contribution in [-0.4, -0.2) is 35.5 Å². The van der Waals surface area contributed by atoms with E-state index in [1.54, 1.807) is 6.07 Å². The first kappa shape index (κ1) is 18.2. The zero-order chi connectivity index (χ0) is 17.1. The van der Waals surface area contributed by atoms with E-state index in [9.17, 15) is 9.18 Å². The van der Waals surface area contributed by atoms with Gasteiger partial charge in [-0.1, -0.05) is 17.7 Å². The molecule has 1 aliphatic rings. The van der Waals surface area contributed by atoms with Crippen molar-refractivity contribution in [2.24, 2.45) is 5.73 Å². The molecule has 4 nitrogen and oxygen atoms in total. The van der Waals surface area contributed by atoms with Gasteiger partial charge in [-0.3, -0.25) is 9.69 Å². The number of rotatable bonds is 6. The van der Waals surface area contributed by atoms with Crippen LogP contribution >= 0.6 is 11.6 Å². The van der Waals surface area contributed by atoms with Crippen molar-refractivity contribution in [3.05, 3.63) is 34.6 Å². The van der Waals surface area contributed by atoms with Crippen molar-refractivity contribution in [3.63, 3.8) is 0 Å². The van der Waals surface area contributed by atoms with Crippen LogP contribution < -0.4 is 11.1 Å². The zero-order valence-electron chi connectivity index (χ0n) is 13.9. The third kappa shape index (κ3) is 4.43. The first-order valence-electron chi connectivity index (χ1n) is 8.04. The topological polar surface area (TPSA) is 58.4 Å². The van der Waals surface area contributed by atoms with Gasteiger partial charge in [0.15, 0.2) is 0 Å². The van der Waals surface area contributed by atoms with Crippen molar-refractivity contribution in [2.45, 2.75) is 57.8 Å². The normalized spacial score (nSPS) is 23.4. The summed E-state index contributed by atoms with van der Waals surface area (Å²) in [5, 5.41) is 3.61. The van der Waals surface area contributed by atoms with E-state index in [-0.39, 0.29) is 29.1 Å². The Hall–Kier alpha value is -1.17. The third-order valence-electron chi connectivity index (χ3n) is 4.39. The fourth-order valence-corrected chi connectivity index (χ4v) is 3.53. The predicted molar refractivity (Wildman–Crippen MR) is 90.8 cm³/mol. The number of primary amides is 1. The number of benzene rings is 1. The summed E-state index contributed by atoms with van der Waals surface area (Å²) in [6.45, 7) is 7.14. The van der Waals surface area contributed by atoms with Gasteiger partial charge in [-0.2, -0.15) is 0 Å². The number of carbonyl (C=O) groups excluding carboxylic acids is 1. The van der Waals surface area contributed by atoms with E-state index >= 15 is 0 Å². The second kappa shape index (κ2) is 7.60. The van der Waals surface area contributed by atoms with Crippen LogP contribution in [0.3, 0.4) is 0 Å². The number of carbonyl (C=O) groups is 1. The van der Waals surface area contributed by atoms with E-state index in [0.717, 1.165) is 18.5 Å². The molecule has 1 aromatic carbocycles. The first-order valence-corrected chi connectivity index (χ1v) is 8.42. The molecule has 0 spiro atoms. The Morgan fingerprint density at radius 1 is 1.48 bits per heavy atom. The second-order valence-corrected chi connectivity index (χ2v) is 6.99. The lowest BCUT2D eigenvalue weighted by molar-refractivity contribution is -0.118. The van der Waals surface area contributed by atoms with Crippen LogP contribution in [0.25, 0.3) is 0 Å². The van der Waals surface area contributed by atoms with Crippen molar-refractivity contribution in [2.75, 3.05) is 6.54 Å². The summed E-state index contributed by atoms with van der Waals surface area (Å²) in [6, 6.07) is 5.53. The molecular formula is C17H25ClFN3O. The molecule has 128 valence electrons. The number of likely N-dealkylation sites (tertiary alicyclic amines) is 1. The minimum atomic E-state index is -0.399. The van der Waals surface area contributed by atoms with Crippen LogP contribution in [0.4, 0.5) is 4.39 Å². The van der Waals surface area contributed by atoms with Gasteiger partial charge in [-0.05, 0) is 44.9 Å². The van der Waals surface area contributed by atoms with Gasteiger partial charge < -0.3 is 11.1 Å². The Morgan fingerprint density at radius 3 is 2.74 bits per heavy atom. The Labute approximate surface area is 142 Å². The van der Waals surface area contributed by atoms with E-state index in [1.807, 2.05) is 13.0 Å². The molecule has 1 saturated heterocycles. The molecule has 1 aromatic rings. The zero-order valence-corrected chi connectivity index (χ0v) is 14.6. The highest BCUT2D eigenvalue weighted by Gasteiger charge is 2.37. The molecule has 0 aliphatic carbocycles. The molecule has 0 aromatic heterocycles. The lowest BCUT2D eigenvalue weighted by Crippen LogP contribution is -2.43. The van der Waals surface area contributed by atoms with Gasteiger partial charge in [0.25, 0.3) is 0 Å². The summed E-state index contributed by atoms with van der Waals surface area (Å²) >= 11 is 5.81. The standard InChI is InChI=1S/C17H25ClFN3O/c1-10(2)22-7-6-15(21-11(3)8-16(20)23)17(22)12-4-5-13(18)14(19)9-12/h4-5,9-11,15,17,21H,6-8H2,1-3H3,(H2,20,23)/t11-,15+,17-/m1/s1. The number of nitrogens with one attached hydrogen (secondary N) is 1. The van der Waals surface area contributed by atoms with Gasteiger partial charge in [-0.25, -0.2) is 4.39 Å². The molecule has 2 rings (SSSR count). The molecule has 3 N–H and O–H groups in total. The molecule has 1 aliphatic heterocycles. The van der Waals surface area contributed by atoms with Gasteiger partial charge in [0.05, 0.1) is 11.1 Å². The summed E-state index contributed by atoms with van der Waals surface area (Å²) in [6.07, 6.45) is 1.23. The molecule has 0 bridgehead atoms. The van der Waals surface area contributed by atoms with Gasteiger partial charge in [-0.15, -0.1) is 0 Å². The van der Waals surface area contributed by atoms with E-state index < -0.39 is 5.82 Å². The van der Waals surface area contributed by atoms with Crippen LogP contribution in [0, 0.1) is 5.82 Å². The van der Waals surface area contributed by atoms with Crippen molar-refractivity contribution >= 4 is 17.5 Å². The highest BCUT2D eigenvalue weighted by Crippen LogP contribution is 2.35. The van der Waals surface area contributed by atoms with Crippen LogP contribution in [0.1, 0.15) is 45.2 Å². The number of hydrogen-bond donors (Lipinski definition) is 2. The molecule has 6 heteroatoms. The maximum absolute atomic E-state index is 13.9. The van der Waals surface area contributed by atoms with Gasteiger partial charge in [0, 0.05) is 31.1 Å². The Morgan fingerprint density at radius 2 is 2.17 bits per heavy atom. The summed E-state index contributed by atoms with van der Waals surface area (Å²) in [5.41, 5.74) is 6.18. The molecule has 23 heavy (non-hydrogen) atoms. The monoisotopic (exact) mass is 341 g/mol. The molecule has 0 unspecified atom stereocenters. The van der Waals surface area contributed by atoms with Crippen molar-refractivity contribution < 1.29 is 9.18 Å². The number of halogens is 2. The maximum Gasteiger partial charge on any atom is 0.218 e. The van der Waals surface area contributed by atoms with Crippen LogP contribution in [0.2, 0.25) is 5.02 Å². The van der Waals surface area contributed by atoms with Crippen molar-refractivity contribution in [1.82, 2.24) is 10.2 Å². The van der Waals surface area contributed by atoms with Gasteiger partial charge >= 0.3 is 0 Å². The highest BCUT2D eigenvalue weighted by atomic mass is 35.5. The molecule has 1 fully saturated rings. The minimum Gasteiger partial charge on any atom is -0.370 e. The predicted octanol–water partition coefficient (Wildman–Crippen LogP) is 2.86. The van der Waals surface area contributed by atoms with Crippen molar-refractivity contribution in [1.29, 1.82) is 0 Å². The largest absolute Gasteiger partial charge is 0.370 e. The molecule has 1 amide bonds. The Balaban J connectivity index is 2.23. The fraction of sp³-hybridized carbons (Fsp3) is 0.588. The quantitative estimate of drug-likeness (QED) is 0.836. The minimum absolute atomic E-state index is 0.00995. The number of amides is 1. The van der Waals surface area contributed by atoms with Gasteiger partial charge in [0.1, 0.15) is 5.82 Å². The number of nitrogens with two attached hydrogens (primary N) is 1. The van der Waals surface area contributed by atoms with Gasteiger partial charge in [0.2, 0.25) is 5.91 Å². The summed E-state index contributed by atoms with van der Waals surface area (Å²) < 4.78 is 13.9. The Bertz CT molecular complexity index is 567. The lowest BCUT2D eigenvalue weighted by Gasteiger charge is -2.33. The van der Waals surface area contributed by atoms with E-state index in [1.165, 1.54) is 6.07 Å². The van der Waals surface area contributed by atoms with E-state index in [4.69, 9.17) is 17.3 Å². The molecule has 1 heterocycles. The second-order valence-electron chi connectivity index (χ2n) is 6.58. The summed E-state index contributed by atoms with van der Waals surface area (Å²) in [5.74, 6) is -0.721. The number of nitrogens with zero attached hydrogens (tertiary/aromatic N) is 1. The van der Waals surface area contributed by atoms with Crippen LogP contribution in [0.5, 0.6) is 0 Å². The SMILES string of the molecule is CC(C)N1CC[C@H](N[C@H](C)CC(N)=O)[C@H]1c1ccc(Cl)c(F)c1. The molecule has 0 radical (unpaired) electrons. The highest BCUT2D eigenvalue weighted by molar-refractivity contribution is 6.30. The fourth-order valence-electron chi connectivity index (χ4n) is 3.42. The maximum atomic E-state index is 13.9. The van der Waals surface area contributed by atoms with E-state index in [2.05, 4.69) is 24.1 Å². The average molecular weight is 342 g/mol. The third-order valence-corrected chi connectivity index (χ3v) is 4.70.